The van der Waals surface area contributed by atoms with Crippen LogP contribution in [0.25, 0.3) is 0 Å². The summed E-state index contributed by atoms with van der Waals surface area (Å²) in [6.07, 6.45) is -7.61. The predicted molar refractivity (Wildman–Crippen MR) is 123 cm³/mol. The van der Waals surface area contributed by atoms with Crippen molar-refractivity contribution in [1.82, 2.24) is 10.8 Å². The molecule has 2 aromatic carbocycles. The second-order valence-electron chi connectivity index (χ2n) is 7.02. The third-order valence-electron chi connectivity index (χ3n) is 4.13. The maximum atomic E-state index is 12.8. The lowest BCUT2D eigenvalue weighted by Crippen LogP contribution is -2.38. The second-order valence-corrected chi connectivity index (χ2v) is 9.15. The fraction of sp³-hybridized carbons (Fsp3) is 0.250. The first-order chi connectivity index (χ1) is 16.8. The van der Waals surface area contributed by atoms with Gasteiger partial charge in [0.2, 0.25) is 22.1 Å². The van der Waals surface area contributed by atoms with E-state index in [1.807, 2.05) is 5.48 Å². The fourth-order valence-electron chi connectivity index (χ4n) is 2.70. The van der Waals surface area contributed by atoms with Crippen LogP contribution in [0.2, 0.25) is 5.02 Å². The number of hydroxylamine groups is 1. The topological polar surface area (TPSA) is 173 Å². The number of esters is 1. The molecule has 1 unspecified atom stereocenters. The van der Waals surface area contributed by atoms with Crippen molar-refractivity contribution in [3.63, 3.8) is 0 Å². The van der Waals surface area contributed by atoms with Crippen LogP contribution >= 0.6 is 11.6 Å². The second kappa shape index (κ2) is 12.4. The lowest BCUT2D eigenvalue weighted by atomic mass is 10.1. The molecule has 0 aromatic heterocycles. The van der Waals surface area contributed by atoms with Gasteiger partial charge in [-0.3, -0.25) is 19.8 Å². The third-order valence-corrected chi connectivity index (χ3v) is 5.74. The van der Waals surface area contributed by atoms with Crippen molar-refractivity contribution in [2.45, 2.75) is 18.0 Å². The van der Waals surface area contributed by atoms with Crippen LogP contribution in [0, 0.1) is 5.41 Å². The SMILES string of the molecule is N=C(N)NOCCNC(=O)C(OC(=O)C(F)(F)F)c1cc(NS(=O)(=O)Cc2ccccc2)ccc1Cl. The monoisotopic (exact) mass is 551 g/mol. The number of hydrogen-bond donors (Lipinski definition) is 5. The first-order valence-electron chi connectivity index (χ1n) is 9.89. The number of nitrogens with two attached hydrogens (primary N) is 1. The van der Waals surface area contributed by atoms with E-state index in [4.69, 9.17) is 27.6 Å². The van der Waals surface area contributed by atoms with Crippen LogP contribution in [0.1, 0.15) is 17.2 Å². The maximum absolute atomic E-state index is 12.8. The van der Waals surface area contributed by atoms with Gasteiger partial charge in [-0.2, -0.15) is 13.2 Å². The molecule has 0 saturated heterocycles. The van der Waals surface area contributed by atoms with Crippen LogP contribution in [-0.4, -0.2) is 45.6 Å². The van der Waals surface area contributed by atoms with E-state index in [1.165, 1.54) is 6.07 Å². The number of ether oxygens (including phenoxy) is 1. The molecule has 6 N–H and O–H groups in total. The van der Waals surface area contributed by atoms with E-state index >= 15 is 0 Å². The predicted octanol–water partition coefficient (Wildman–Crippen LogP) is 1.96. The standard InChI is InChI=1S/C20H21ClF3N5O6S/c21-15-7-6-13(29-36(32,33)11-12-4-2-1-3-5-12)10-14(15)16(35-18(31)20(22,23)24)17(30)27-8-9-34-28-19(25)26/h1-7,10,16,29H,8-9,11H2,(H,27,30)(H4,25,26,28). The molecule has 2 rings (SSSR count). The van der Waals surface area contributed by atoms with Gasteiger partial charge >= 0.3 is 12.1 Å². The number of halogens is 4. The number of carbonyl (C=O) groups excluding carboxylic acids is 2. The molecule has 16 heteroatoms. The summed E-state index contributed by atoms with van der Waals surface area (Å²) in [4.78, 5) is 28.8. The van der Waals surface area contributed by atoms with Crippen LogP contribution in [0.4, 0.5) is 18.9 Å². The zero-order valence-corrected chi connectivity index (χ0v) is 19.8. The molecular formula is C20H21ClF3N5O6S. The molecular weight excluding hydrogens is 531 g/mol. The summed E-state index contributed by atoms with van der Waals surface area (Å²) >= 11 is 6.05. The number of rotatable bonds is 11. The Kier molecular flexibility index (Phi) is 9.89. The van der Waals surface area contributed by atoms with Crippen LogP contribution in [0.3, 0.4) is 0 Å². The number of hydrogen-bond acceptors (Lipinski definition) is 7. The largest absolute Gasteiger partial charge is 0.490 e. The molecule has 2 aromatic rings. The van der Waals surface area contributed by atoms with E-state index in [0.717, 1.165) is 12.1 Å². The zero-order chi connectivity index (χ0) is 26.9. The summed E-state index contributed by atoms with van der Waals surface area (Å²) in [5.41, 5.74) is 6.90. The summed E-state index contributed by atoms with van der Waals surface area (Å²) in [5.74, 6) is -4.81. The normalized spacial score (nSPS) is 12.3. The first-order valence-corrected chi connectivity index (χ1v) is 11.9. The minimum absolute atomic E-state index is 0.139. The van der Waals surface area contributed by atoms with Crippen molar-refractivity contribution >= 4 is 45.1 Å². The van der Waals surface area contributed by atoms with Gasteiger partial charge in [0.1, 0.15) is 0 Å². The van der Waals surface area contributed by atoms with Crippen LogP contribution in [0.15, 0.2) is 48.5 Å². The van der Waals surface area contributed by atoms with E-state index in [0.29, 0.717) is 5.56 Å². The summed E-state index contributed by atoms with van der Waals surface area (Å²) in [7, 11) is -3.97. The fourth-order valence-corrected chi connectivity index (χ4v) is 4.10. The number of benzene rings is 2. The molecule has 36 heavy (non-hydrogen) atoms. The highest BCUT2D eigenvalue weighted by atomic mass is 35.5. The van der Waals surface area contributed by atoms with Crippen molar-refractivity contribution < 1.29 is 40.8 Å². The van der Waals surface area contributed by atoms with Gasteiger partial charge in [-0.05, 0) is 23.8 Å². The average Bonchev–Trinajstić information content (AvgIpc) is 2.77. The van der Waals surface area contributed by atoms with E-state index < -0.39 is 51.5 Å². The lowest BCUT2D eigenvalue weighted by molar-refractivity contribution is -0.205. The van der Waals surface area contributed by atoms with Gasteiger partial charge in [0.25, 0.3) is 5.91 Å². The Labute approximate surface area is 208 Å². The Morgan fingerprint density at radius 3 is 2.42 bits per heavy atom. The minimum Gasteiger partial charge on any atom is -0.441 e. The molecule has 0 radical (unpaired) electrons. The Hall–Kier alpha value is -3.56. The summed E-state index contributed by atoms with van der Waals surface area (Å²) in [6.45, 7) is -0.557. The summed E-state index contributed by atoms with van der Waals surface area (Å²) in [5, 5.41) is 8.84. The highest BCUT2D eigenvalue weighted by Gasteiger charge is 2.44. The van der Waals surface area contributed by atoms with Crippen molar-refractivity contribution in [1.29, 1.82) is 5.41 Å². The maximum Gasteiger partial charge on any atom is 0.490 e. The number of alkyl halides is 3. The number of guanidine groups is 1. The van der Waals surface area contributed by atoms with Crippen molar-refractivity contribution in [3.8, 4) is 0 Å². The Morgan fingerprint density at radius 1 is 1.14 bits per heavy atom. The molecule has 0 aliphatic heterocycles. The highest BCUT2D eigenvalue weighted by molar-refractivity contribution is 7.91. The summed E-state index contributed by atoms with van der Waals surface area (Å²) < 4.78 is 70.2. The van der Waals surface area contributed by atoms with E-state index in [2.05, 4.69) is 14.8 Å². The molecule has 196 valence electrons. The number of amides is 1. The van der Waals surface area contributed by atoms with Crippen LogP contribution in [0.5, 0.6) is 0 Å². The molecule has 1 amide bonds. The van der Waals surface area contributed by atoms with Gasteiger partial charge in [-0.15, -0.1) is 0 Å². The number of nitrogens with one attached hydrogen (secondary N) is 4. The first kappa shape index (κ1) is 28.7. The van der Waals surface area contributed by atoms with Gasteiger partial charge in [0.05, 0.1) is 12.4 Å². The van der Waals surface area contributed by atoms with Gasteiger partial charge in [-0.1, -0.05) is 41.9 Å². The quantitative estimate of drug-likeness (QED) is 0.0926. The van der Waals surface area contributed by atoms with E-state index in [-0.39, 0.29) is 23.9 Å². The third kappa shape index (κ3) is 9.24. The smallest absolute Gasteiger partial charge is 0.441 e. The van der Waals surface area contributed by atoms with Gasteiger partial charge in [0, 0.05) is 22.8 Å². The Morgan fingerprint density at radius 2 is 1.81 bits per heavy atom. The number of anilines is 1. The molecule has 11 nitrogen and oxygen atoms in total. The molecule has 0 aliphatic rings. The minimum atomic E-state index is -5.42. The van der Waals surface area contributed by atoms with Crippen LogP contribution < -0.4 is 21.3 Å². The Balaban J connectivity index is 2.26. The average molecular weight is 552 g/mol. The summed E-state index contributed by atoms with van der Waals surface area (Å²) in [6, 6.07) is 11.5. The molecule has 0 heterocycles. The van der Waals surface area contributed by atoms with Gasteiger partial charge in [-0.25, -0.2) is 18.7 Å². The molecule has 0 saturated carbocycles. The van der Waals surface area contributed by atoms with Crippen molar-refractivity contribution in [3.05, 3.63) is 64.7 Å². The van der Waals surface area contributed by atoms with Gasteiger partial charge < -0.3 is 15.8 Å². The molecule has 1 atom stereocenters. The number of carbonyl (C=O) groups is 2. The van der Waals surface area contributed by atoms with Gasteiger partial charge in [0.15, 0.2) is 0 Å². The van der Waals surface area contributed by atoms with E-state index in [1.54, 1.807) is 30.3 Å². The highest BCUT2D eigenvalue weighted by Crippen LogP contribution is 2.31. The van der Waals surface area contributed by atoms with E-state index in [9.17, 15) is 31.2 Å². The number of sulfonamides is 1. The van der Waals surface area contributed by atoms with Crippen molar-refractivity contribution in [2.75, 3.05) is 17.9 Å². The Bertz CT molecular complexity index is 1200. The lowest BCUT2D eigenvalue weighted by Gasteiger charge is -2.20. The molecule has 0 aliphatic carbocycles. The zero-order valence-electron chi connectivity index (χ0n) is 18.3. The molecule has 0 spiro atoms. The van der Waals surface area contributed by atoms with Crippen molar-refractivity contribution in [2.24, 2.45) is 5.73 Å². The van der Waals surface area contributed by atoms with Crippen LogP contribution in [-0.2, 0) is 34.9 Å². The molecule has 0 fully saturated rings. The molecule has 0 bridgehead atoms.